The van der Waals surface area contributed by atoms with Crippen LogP contribution < -0.4 is 10.7 Å². The lowest BCUT2D eigenvalue weighted by atomic mass is 10.1. The van der Waals surface area contributed by atoms with E-state index < -0.39 is 22.5 Å². The number of nitrogens with one attached hydrogen (secondary N) is 2. The van der Waals surface area contributed by atoms with Crippen molar-refractivity contribution in [3.8, 4) is 0 Å². The third-order valence-corrected chi connectivity index (χ3v) is 6.57. The minimum Gasteiger partial charge on any atom is -0.326 e. The zero-order valence-corrected chi connectivity index (χ0v) is 19.4. The van der Waals surface area contributed by atoms with Gasteiger partial charge in [-0.15, -0.1) is 0 Å². The Morgan fingerprint density at radius 1 is 1.03 bits per heavy atom. The Morgan fingerprint density at radius 2 is 1.76 bits per heavy atom. The SMILES string of the molecule is CC(=O)Nc1ccc(S(=O)(=O)N(CCc2ccccc2)CC(=O)N/N=C\c2cccnc2)cc1. The summed E-state index contributed by atoms with van der Waals surface area (Å²) < 4.78 is 27.8. The maximum absolute atomic E-state index is 13.3. The van der Waals surface area contributed by atoms with Gasteiger partial charge in [-0.1, -0.05) is 36.4 Å². The number of carbonyl (C=O) groups excluding carboxylic acids is 2. The second-order valence-electron chi connectivity index (χ2n) is 7.36. The molecule has 0 aliphatic rings. The molecule has 0 atom stereocenters. The van der Waals surface area contributed by atoms with Crippen molar-refractivity contribution in [2.45, 2.75) is 18.2 Å². The van der Waals surface area contributed by atoms with Crippen LogP contribution in [0.25, 0.3) is 0 Å². The van der Waals surface area contributed by atoms with Gasteiger partial charge in [0.05, 0.1) is 17.7 Å². The van der Waals surface area contributed by atoms with Crippen LogP contribution in [0.2, 0.25) is 0 Å². The van der Waals surface area contributed by atoms with Gasteiger partial charge in [0.2, 0.25) is 15.9 Å². The number of rotatable bonds is 10. The number of nitrogens with zero attached hydrogens (tertiary/aromatic N) is 3. The van der Waals surface area contributed by atoms with E-state index in [1.54, 1.807) is 24.5 Å². The zero-order valence-electron chi connectivity index (χ0n) is 18.6. The fraction of sp³-hybridized carbons (Fsp3) is 0.167. The van der Waals surface area contributed by atoms with Crippen molar-refractivity contribution < 1.29 is 18.0 Å². The van der Waals surface area contributed by atoms with E-state index in [-0.39, 0.29) is 17.3 Å². The molecule has 2 N–H and O–H groups in total. The van der Waals surface area contributed by atoms with Crippen LogP contribution in [0.4, 0.5) is 5.69 Å². The van der Waals surface area contributed by atoms with Crippen molar-refractivity contribution >= 4 is 33.7 Å². The van der Waals surface area contributed by atoms with E-state index >= 15 is 0 Å². The highest BCUT2D eigenvalue weighted by Gasteiger charge is 2.26. The largest absolute Gasteiger partial charge is 0.326 e. The first-order valence-electron chi connectivity index (χ1n) is 10.5. The van der Waals surface area contributed by atoms with Crippen LogP contribution in [0, 0.1) is 0 Å². The summed E-state index contributed by atoms with van der Waals surface area (Å²) in [6, 6.07) is 18.7. The smallest absolute Gasteiger partial charge is 0.255 e. The molecule has 0 saturated carbocycles. The van der Waals surface area contributed by atoms with Gasteiger partial charge in [-0.05, 0) is 42.3 Å². The first kappa shape index (κ1) is 24.7. The van der Waals surface area contributed by atoms with Crippen molar-refractivity contribution in [1.82, 2.24) is 14.7 Å². The Bertz CT molecular complexity index is 1230. The quantitative estimate of drug-likeness (QED) is 0.342. The number of aromatic nitrogens is 1. The molecule has 1 heterocycles. The molecular weight excluding hydrogens is 454 g/mol. The van der Waals surface area contributed by atoms with Gasteiger partial charge in [0, 0.05) is 37.1 Å². The standard InChI is InChI=1S/C24H25N5O4S/c1-19(30)27-22-9-11-23(12-10-22)34(32,33)29(15-13-20-6-3-2-4-7-20)18-24(31)28-26-17-21-8-5-14-25-16-21/h2-12,14,16-17H,13,15,18H2,1H3,(H,27,30)(H,28,31)/b26-17-. The Hall–Kier alpha value is -3.89. The summed E-state index contributed by atoms with van der Waals surface area (Å²) in [5, 5.41) is 6.48. The third-order valence-electron chi connectivity index (χ3n) is 4.71. The summed E-state index contributed by atoms with van der Waals surface area (Å²) in [5.41, 5.74) is 4.47. The summed E-state index contributed by atoms with van der Waals surface area (Å²) >= 11 is 0. The molecule has 0 spiro atoms. The Kier molecular flexibility index (Phi) is 8.60. The number of amides is 2. The second-order valence-corrected chi connectivity index (χ2v) is 9.30. The molecule has 10 heteroatoms. The van der Waals surface area contributed by atoms with Crippen molar-refractivity contribution in [3.63, 3.8) is 0 Å². The zero-order chi connectivity index (χ0) is 24.4. The van der Waals surface area contributed by atoms with Crippen LogP contribution in [0.3, 0.4) is 0 Å². The molecular formula is C24H25N5O4S. The molecule has 1 aromatic heterocycles. The van der Waals surface area contributed by atoms with Gasteiger partial charge in [0.1, 0.15) is 0 Å². The molecule has 3 aromatic rings. The molecule has 0 fully saturated rings. The lowest BCUT2D eigenvalue weighted by Gasteiger charge is -2.21. The highest BCUT2D eigenvalue weighted by Crippen LogP contribution is 2.19. The topological polar surface area (TPSA) is 121 Å². The molecule has 0 saturated heterocycles. The fourth-order valence-corrected chi connectivity index (χ4v) is 4.47. The first-order chi connectivity index (χ1) is 16.3. The first-order valence-corrected chi connectivity index (χ1v) is 11.9. The lowest BCUT2D eigenvalue weighted by Crippen LogP contribution is -2.40. The number of pyridine rings is 1. The molecule has 176 valence electrons. The number of benzene rings is 2. The predicted molar refractivity (Wildman–Crippen MR) is 130 cm³/mol. The summed E-state index contributed by atoms with van der Waals surface area (Å²) in [6.07, 6.45) is 5.05. The monoisotopic (exact) mass is 479 g/mol. The summed E-state index contributed by atoms with van der Waals surface area (Å²) in [5.74, 6) is -0.838. The molecule has 0 radical (unpaired) electrons. The molecule has 9 nitrogen and oxygen atoms in total. The second kappa shape index (κ2) is 11.8. The molecule has 3 rings (SSSR count). The highest BCUT2D eigenvalue weighted by molar-refractivity contribution is 7.89. The number of hydrazone groups is 1. The van der Waals surface area contributed by atoms with E-state index in [2.05, 4.69) is 20.8 Å². The number of sulfonamides is 1. The molecule has 2 amide bonds. The molecule has 0 aliphatic heterocycles. The van der Waals surface area contributed by atoms with E-state index in [1.165, 1.54) is 37.4 Å². The highest BCUT2D eigenvalue weighted by atomic mass is 32.2. The Labute approximate surface area is 198 Å². The minimum absolute atomic E-state index is 0.0151. The van der Waals surface area contributed by atoms with Gasteiger partial charge < -0.3 is 5.32 Å². The third kappa shape index (κ3) is 7.32. The fourth-order valence-electron chi connectivity index (χ4n) is 3.07. The predicted octanol–water partition coefficient (Wildman–Crippen LogP) is 2.42. The number of anilines is 1. The maximum Gasteiger partial charge on any atom is 0.255 e. The summed E-state index contributed by atoms with van der Waals surface area (Å²) in [7, 11) is -3.99. The number of carbonyl (C=O) groups is 2. The lowest BCUT2D eigenvalue weighted by molar-refractivity contribution is -0.121. The van der Waals surface area contributed by atoms with Crippen LogP contribution in [0.15, 0.2) is 89.1 Å². The van der Waals surface area contributed by atoms with Crippen molar-refractivity contribution in [2.24, 2.45) is 5.10 Å². The van der Waals surface area contributed by atoms with Crippen LogP contribution in [-0.4, -0.2) is 48.8 Å². The Morgan fingerprint density at radius 3 is 2.41 bits per heavy atom. The van der Waals surface area contributed by atoms with Crippen molar-refractivity contribution in [3.05, 3.63) is 90.3 Å². The van der Waals surface area contributed by atoms with Gasteiger partial charge >= 0.3 is 0 Å². The average Bonchev–Trinajstić information content (AvgIpc) is 2.83. The van der Waals surface area contributed by atoms with Gasteiger partial charge in [-0.2, -0.15) is 9.41 Å². The van der Waals surface area contributed by atoms with Crippen LogP contribution >= 0.6 is 0 Å². The molecule has 34 heavy (non-hydrogen) atoms. The average molecular weight is 480 g/mol. The van der Waals surface area contributed by atoms with Gasteiger partial charge in [-0.25, -0.2) is 13.8 Å². The minimum atomic E-state index is -3.99. The molecule has 0 bridgehead atoms. The van der Waals surface area contributed by atoms with E-state index in [0.717, 1.165) is 9.87 Å². The van der Waals surface area contributed by atoms with E-state index in [1.807, 2.05) is 30.3 Å². The van der Waals surface area contributed by atoms with Crippen molar-refractivity contribution in [2.75, 3.05) is 18.4 Å². The van der Waals surface area contributed by atoms with Gasteiger partial charge in [0.25, 0.3) is 5.91 Å². The molecule has 2 aromatic carbocycles. The maximum atomic E-state index is 13.3. The van der Waals surface area contributed by atoms with Crippen molar-refractivity contribution in [1.29, 1.82) is 0 Å². The van der Waals surface area contributed by atoms with Gasteiger partial charge in [-0.3, -0.25) is 14.6 Å². The summed E-state index contributed by atoms with van der Waals surface area (Å²) in [4.78, 5) is 27.7. The molecule has 0 aliphatic carbocycles. The van der Waals surface area contributed by atoms with Crippen LogP contribution in [0.5, 0.6) is 0 Å². The van der Waals surface area contributed by atoms with E-state index in [4.69, 9.17) is 0 Å². The summed E-state index contributed by atoms with van der Waals surface area (Å²) in [6.45, 7) is 1.05. The van der Waals surface area contributed by atoms with Crippen LogP contribution in [0.1, 0.15) is 18.1 Å². The number of hydrogen-bond acceptors (Lipinski definition) is 6. The van der Waals surface area contributed by atoms with E-state index in [0.29, 0.717) is 17.7 Å². The normalized spacial score (nSPS) is 11.5. The number of hydrogen-bond donors (Lipinski definition) is 2. The molecule has 0 unspecified atom stereocenters. The van der Waals surface area contributed by atoms with Gasteiger partial charge in [0.15, 0.2) is 0 Å². The Balaban J connectivity index is 1.75. The van der Waals surface area contributed by atoms with E-state index in [9.17, 15) is 18.0 Å². The van der Waals surface area contributed by atoms with Crippen LogP contribution in [-0.2, 0) is 26.0 Å².